The summed E-state index contributed by atoms with van der Waals surface area (Å²) in [6.45, 7) is 0.450. The number of carbonyl (C=O) groups excluding carboxylic acids is 2. The molecule has 148 valence electrons. The fourth-order valence-corrected chi connectivity index (χ4v) is 3.40. The Morgan fingerprint density at radius 1 is 1.10 bits per heavy atom. The van der Waals surface area contributed by atoms with Gasteiger partial charge in [-0.2, -0.15) is 0 Å². The highest BCUT2D eigenvalue weighted by Crippen LogP contribution is 2.36. The Hall–Kier alpha value is -3.45. The summed E-state index contributed by atoms with van der Waals surface area (Å²) in [7, 11) is 0. The maximum Gasteiger partial charge on any atom is 0.334 e. The Morgan fingerprint density at radius 3 is 2.45 bits per heavy atom. The molecule has 0 saturated carbocycles. The van der Waals surface area contributed by atoms with Crippen molar-refractivity contribution >= 4 is 17.7 Å². The number of hydrogen-bond acceptors (Lipinski definition) is 5. The fraction of sp³-hybridized carbons (Fsp3) is 0.227. The molecule has 0 bridgehead atoms. The summed E-state index contributed by atoms with van der Waals surface area (Å²) in [5.74, 6) is -1.15. The number of hydrogen-bond donors (Lipinski definition) is 1. The zero-order chi connectivity index (χ0) is 20.4. The van der Waals surface area contributed by atoms with E-state index in [1.54, 1.807) is 30.3 Å². The summed E-state index contributed by atoms with van der Waals surface area (Å²) in [5.41, 5.74) is 2.12. The molecule has 0 aromatic heterocycles. The van der Waals surface area contributed by atoms with Gasteiger partial charge < -0.3 is 14.6 Å². The van der Waals surface area contributed by atoms with Crippen LogP contribution in [0.2, 0.25) is 0 Å². The van der Waals surface area contributed by atoms with Crippen LogP contribution in [0.5, 0.6) is 0 Å². The van der Waals surface area contributed by atoms with Crippen LogP contribution in [-0.2, 0) is 25.7 Å². The molecule has 2 aliphatic heterocycles. The Kier molecular flexibility index (Phi) is 5.14. The molecular weight excluding hydrogens is 374 g/mol. The van der Waals surface area contributed by atoms with Crippen LogP contribution < -0.4 is 0 Å². The highest BCUT2D eigenvalue weighted by molar-refractivity contribution is 6.08. The van der Waals surface area contributed by atoms with Gasteiger partial charge in [-0.25, -0.2) is 4.79 Å². The quantitative estimate of drug-likeness (QED) is 0.441. The Balaban J connectivity index is 1.32. The van der Waals surface area contributed by atoms with Crippen LogP contribution in [0.25, 0.3) is 0 Å². The minimum Gasteiger partial charge on any atom is -0.479 e. The number of benzene rings is 2. The molecule has 2 heterocycles. The van der Waals surface area contributed by atoms with Crippen molar-refractivity contribution in [3.05, 3.63) is 83.1 Å². The van der Waals surface area contributed by atoms with Gasteiger partial charge in [-0.15, -0.1) is 0 Å². The van der Waals surface area contributed by atoms with Crippen molar-refractivity contribution in [1.82, 2.24) is 4.90 Å². The van der Waals surface area contributed by atoms with Crippen LogP contribution in [-0.4, -0.2) is 46.5 Å². The highest BCUT2D eigenvalue weighted by atomic mass is 16.5. The smallest absolute Gasteiger partial charge is 0.334 e. The van der Waals surface area contributed by atoms with Gasteiger partial charge in [-0.3, -0.25) is 14.5 Å². The van der Waals surface area contributed by atoms with Crippen molar-refractivity contribution in [3.8, 4) is 0 Å². The molecule has 2 aliphatic rings. The summed E-state index contributed by atoms with van der Waals surface area (Å²) in [6, 6.07) is 15.1. The maximum absolute atomic E-state index is 12.4. The van der Waals surface area contributed by atoms with Crippen LogP contribution in [0.4, 0.5) is 0 Å². The van der Waals surface area contributed by atoms with Gasteiger partial charge >= 0.3 is 5.97 Å². The lowest BCUT2D eigenvalue weighted by atomic mass is 10.0. The number of ketones is 1. The van der Waals surface area contributed by atoms with Crippen LogP contribution in [0.1, 0.15) is 27.9 Å². The zero-order valence-electron chi connectivity index (χ0n) is 15.5. The number of fused-ring (bicyclic) bond motifs is 1. The van der Waals surface area contributed by atoms with Crippen LogP contribution in [0, 0.1) is 0 Å². The summed E-state index contributed by atoms with van der Waals surface area (Å²) >= 11 is 0. The number of amides is 1. The average molecular weight is 393 g/mol. The number of β-lactam (4-membered cyclic amide) rings is 1. The molecule has 7 heteroatoms. The lowest BCUT2D eigenvalue weighted by molar-refractivity contribution is -0.163. The van der Waals surface area contributed by atoms with E-state index in [1.165, 1.54) is 4.90 Å². The van der Waals surface area contributed by atoms with Crippen molar-refractivity contribution in [2.24, 2.45) is 0 Å². The van der Waals surface area contributed by atoms with Gasteiger partial charge in [0.2, 0.25) is 5.91 Å². The van der Waals surface area contributed by atoms with E-state index in [1.807, 2.05) is 30.3 Å². The van der Waals surface area contributed by atoms with Gasteiger partial charge in [-0.1, -0.05) is 54.6 Å². The fourth-order valence-electron chi connectivity index (χ4n) is 3.40. The van der Waals surface area contributed by atoms with Gasteiger partial charge in [0.15, 0.2) is 18.1 Å². The largest absolute Gasteiger partial charge is 0.479 e. The number of aliphatic carboxylic acids is 1. The molecule has 1 N–H and O–H groups in total. The first-order chi connectivity index (χ1) is 14.0. The first-order valence-corrected chi connectivity index (χ1v) is 9.21. The number of carboxylic acids is 1. The Morgan fingerprint density at radius 2 is 1.79 bits per heavy atom. The second-order valence-electron chi connectivity index (χ2n) is 6.83. The van der Waals surface area contributed by atoms with Crippen LogP contribution in [0.3, 0.4) is 0 Å². The van der Waals surface area contributed by atoms with Gasteiger partial charge in [0.05, 0.1) is 19.6 Å². The molecule has 2 fully saturated rings. The molecule has 1 amide bonds. The molecule has 29 heavy (non-hydrogen) atoms. The monoisotopic (exact) mass is 393 g/mol. The number of nitrogens with zero attached hydrogens (tertiary/aromatic N) is 1. The molecule has 0 spiro atoms. The van der Waals surface area contributed by atoms with E-state index in [2.05, 4.69) is 0 Å². The van der Waals surface area contributed by atoms with Crippen LogP contribution >= 0.6 is 0 Å². The molecule has 0 unspecified atom stereocenters. The third-order valence-electron chi connectivity index (χ3n) is 4.92. The normalized spacial score (nSPS) is 21.4. The van der Waals surface area contributed by atoms with Gasteiger partial charge in [0.25, 0.3) is 0 Å². The Bertz CT molecular complexity index is 967. The molecule has 2 aromatic carbocycles. The second kappa shape index (κ2) is 7.89. The van der Waals surface area contributed by atoms with Gasteiger partial charge in [0, 0.05) is 11.1 Å². The minimum atomic E-state index is -1.12. The standard InChI is InChI=1S/C22H19NO6/c24-18-12-19-23(18)20(22(26)27)17(29-19)10-11-28-13-14-6-8-16(9-7-14)21(25)15-4-2-1-3-5-15/h1-10,19-20H,11-13H2,(H,26,27)/b17-10-/t19-,20-/m1/s1. The molecule has 2 atom stereocenters. The maximum atomic E-state index is 12.4. The third-order valence-corrected chi connectivity index (χ3v) is 4.92. The van der Waals surface area contributed by atoms with Gasteiger partial charge in [0.1, 0.15) is 5.76 Å². The second-order valence-corrected chi connectivity index (χ2v) is 6.83. The molecule has 2 saturated heterocycles. The van der Waals surface area contributed by atoms with E-state index in [-0.39, 0.29) is 30.5 Å². The topological polar surface area (TPSA) is 93.1 Å². The van der Waals surface area contributed by atoms with E-state index in [4.69, 9.17) is 9.47 Å². The third kappa shape index (κ3) is 3.77. The summed E-state index contributed by atoms with van der Waals surface area (Å²) in [5, 5.41) is 9.33. The number of ether oxygens (including phenoxy) is 2. The van der Waals surface area contributed by atoms with Crippen molar-refractivity contribution < 1.29 is 29.0 Å². The van der Waals surface area contributed by atoms with E-state index in [0.717, 1.165) is 5.56 Å². The number of rotatable bonds is 7. The van der Waals surface area contributed by atoms with E-state index < -0.39 is 18.2 Å². The zero-order valence-corrected chi connectivity index (χ0v) is 15.5. The van der Waals surface area contributed by atoms with E-state index in [9.17, 15) is 19.5 Å². The predicted octanol–water partition coefficient (Wildman–Crippen LogP) is 2.36. The first kappa shape index (κ1) is 18.9. The summed E-state index contributed by atoms with van der Waals surface area (Å²) in [6.07, 6.45) is 1.28. The van der Waals surface area contributed by atoms with Crippen LogP contribution in [0.15, 0.2) is 66.4 Å². The lowest BCUT2D eigenvalue weighted by Crippen LogP contribution is -2.54. The molecule has 7 nitrogen and oxygen atoms in total. The minimum absolute atomic E-state index is 0.0416. The first-order valence-electron chi connectivity index (χ1n) is 9.21. The number of carbonyl (C=O) groups is 3. The summed E-state index contributed by atoms with van der Waals surface area (Å²) in [4.78, 5) is 36.6. The predicted molar refractivity (Wildman–Crippen MR) is 102 cm³/mol. The molecule has 0 radical (unpaired) electrons. The van der Waals surface area contributed by atoms with Crippen molar-refractivity contribution in [1.29, 1.82) is 0 Å². The average Bonchev–Trinajstić information content (AvgIpc) is 3.04. The van der Waals surface area contributed by atoms with Crippen molar-refractivity contribution in [2.45, 2.75) is 25.3 Å². The Labute approximate surface area is 167 Å². The lowest BCUT2D eigenvalue weighted by Gasteiger charge is -2.33. The van der Waals surface area contributed by atoms with Crippen molar-refractivity contribution in [3.63, 3.8) is 0 Å². The van der Waals surface area contributed by atoms with Gasteiger partial charge in [-0.05, 0) is 11.6 Å². The SMILES string of the molecule is O=C(c1ccccc1)c1ccc(COC/C=C2\O[C@@H]3CC(=O)N3[C@H]2C(=O)O)cc1. The molecular formula is C22H19NO6. The van der Waals surface area contributed by atoms with E-state index >= 15 is 0 Å². The number of carboxylic acid groups (broad SMARTS) is 1. The molecule has 4 rings (SSSR count). The summed E-state index contributed by atoms with van der Waals surface area (Å²) < 4.78 is 11.1. The highest BCUT2D eigenvalue weighted by Gasteiger charge is 2.53. The van der Waals surface area contributed by atoms with Crippen molar-refractivity contribution in [2.75, 3.05) is 6.61 Å². The van der Waals surface area contributed by atoms with E-state index in [0.29, 0.717) is 17.7 Å². The molecule has 2 aromatic rings. The molecule has 0 aliphatic carbocycles.